The second-order valence-corrected chi connectivity index (χ2v) is 5.82. The van der Waals surface area contributed by atoms with Gasteiger partial charge in [-0.25, -0.2) is 0 Å². The first-order chi connectivity index (χ1) is 7.92. The first-order valence-corrected chi connectivity index (χ1v) is 8.10. The fraction of sp³-hybridized carbons (Fsp3) is 0.273. The Kier molecular flexibility index (Phi) is 3.24. The number of nitrogens with zero attached hydrogens (tertiary/aromatic N) is 1. The normalized spacial score (nSPS) is 12.5. The molecule has 0 bridgehead atoms. The van der Waals surface area contributed by atoms with Gasteiger partial charge in [-0.3, -0.25) is 0 Å². The molecule has 2 nitrogen and oxygen atoms in total. The quantitative estimate of drug-likeness (QED) is 0.447. The molecule has 0 aliphatic heterocycles. The van der Waals surface area contributed by atoms with Crippen LogP contribution in [0, 0.1) is 3.70 Å². The van der Waals surface area contributed by atoms with E-state index in [0.717, 1.165) is 3.70 Å². The molecule has 0 unspecified atom stereocenters. The molecule has 0 aliphatic carbocycles. The SMILES string of the molecule is C[I-]c1cc2c(N)cccc2n1CC(F)(F)F. The first kappa shape index (κ1) is 12.5. The third-order valence-corrected chi connectivity index (χ3v) is 4.46. The van der Waals surface area contributed by atoms with Crippen molar-refractivity contribution in [1.29, 1.82) is 0 Å². The number of anilines is 1. The Morgan fingerprint density at radius 3 is 2.65 bits per heavy atom. The van der Waals surface area contributed by atoms with Gasteiger partial charge in [-0.1, -0.05) is 0 Å². The number of benzene rings is 1. The maximum absolute atomic E-state index is 12.5. The number of nitrogens with two attached hydrogens (primary N) is 1. The molecule has 0 saturated heterocycles. The van der Waals surface area contributed by atoms with E-state index in [4.69, 9.17) is 5.73 Å². The van der Waals surface area contributed by atoms with Crippen molar-refractivity contribution < 1.29 is 34.4 Å². The molecule has 0 aliphatic rings. The topological polar surface area (TPSA) is 30.9 Å². The number of nitrogen functional groups attached to an aromatic ring is 1. The third kappa shape index (κ3) is 2.51. The zero-order chi connectivity index (χ0) is 12.6. The molecular formula is C11H11F3IN2-. The van der Waals surface area contributed by atoms with Crippen molar-refractivity contribution in [2.45, 2.75) is 12.7 Å². The van der Waals surface area contributed by atoms with E-state index in [1.54, 1.807) is 24.3 Å². The number of aromatic nitrogens is 1. The van der Waals surface area contributed by atoms with Gasteiger partial charge in [-0.15, -0.1) is 0 Å². The summed E-state index contributed by atoms with van der Waals surface area (Å²) in [5.74, 6) is 0. The molecule has 1 aromatic carbocycles. The number of rotatable bonds is 2. The van der Waals surface area contributed by atoms with Gasteiger partial charge >= 0.3 is 107 Å². The number of hydrogen-bond donors (Lipinski definition) is 1. The van der Waals surface area contributed by atoms with Crippen LogP contribution in [0.5, 0.6) is 0 Å². The summed E-state index contributed by atoms with van der Waals surface area (Å²) in [4.78, 5) is 1.94. The van der Waals surface area contributed by atoms with Crippen LogP contribution in [0.15, 0.2) is 24.3 Å². The van der Waals surface area contributed by atoms with E-state index in [1.807, 2.05) is 4.93 Å². The molecule has 0 radical (unpaired) electrons. The summed E-state index contributed by atoms with van der Waals surface area (Å²) in [6.45, 7) is -0.942. The van der Waals surface area contributed by atoms with E-state index < -0.39 is 33.9 Å². The monoisotopic (exact) mass is 355 g/mol. The van der Waals surface area contributed by atoms with Crippen LogP contribution in [0.4, 0.5) is 18.9 Å². The molecule has 0 amide bonds. The summed E-state index contributed by atoms with van der Waals surface area (Å²) in [5.41, 5.74) is 6.87. The van der Waals surface area contributed by atoms with Gasteiger partial charge in [0.2, 0.25) is 0 Å². The number of hydrogen-bond acceptors (Lipinski definition) is 1. The summed E-state index contributed by atoms with van der Waals surface area (Å²) in [6.07, 6.45) is -4.20. The standard InChI is InChI=1S/C11H11F3IN2/c1-15-10-5-7-8(16)3-2-4-9(7)17(10)6-11(12,13)14/h2-5H,6,16H2,1H3/q-1. The van der Waals surface area contributed by atoms with Crippen molar-refractivity contribution in [2.24, 2.45) is 0 Å². The van der Waals surface area contributed by atoms with E-state index in [9.17, 15) is 13.2 Å². The van der Waals surface area contributed by atoms with Gasteiger partial charge in [0.1, 0.15) is 0 Å². The average Bonchev–Trinajstić information content (AvgIpc) is 2.56. The van der Waals surface area contributed by atoms with Crippen molar-refractivity contribution >= 4 is 16.6 Å². The van der Waals surface area contributed by atoms with Gasteiger partial charge in [0.05, 0.1) is 0 Å². The van der Waals surface area contributed by atoms with Gasteiger partial charge in [-0.05, 0) is 0 Å². The molecule has 6 heteroatoms. The molecule has 0 atom stereocenters. The third-order valence-electron chi connectivity index (χ3n) is 2.46. The molecule has 0 saturated carbocycles. The Hall–Kier alpha value is -0.920. The van der Waals surface area contributed by atoms with Crippen molar-refractivity contribution in [3.05, 3.63) is 28.0 Å². The van der Waals surface area contributed by atoms with Crippen LogP contribution in [0.1, 0.15) is 0 Å². The van der Waals surface area contributed by atoms with Crippen molar-refractivity contribution in [3.63, 3.8) is 0 Å². The molecule has 94 valence electrons. The van der Waals surface area contributed by atoms with Crippen molar-refractivity contribution in [3.8, 4) is 0 Å². The van der Waals surface area contributed by atoms with Crippen molar-refractivity contribution in [1.82, 2.24) is 4.57 Å². The Labute approximate surface area is 107 Å². The minimum atomic E-state index is -4.20. The van der Waals surface area contributed by atoms with E-state index in [1.165, 1.54) is 4.57 Å². The minimum absolute atomic E-state index is 0.421. The van der Waals surface area contributed by atoms with Crippen LogP contribution >= 0.6 is 0 Å². The summed E-state index contributed by atoms with van der Waals surface area (Å²) in [7, 11) is 0. The summed E-state index contributed by atoms with van der Waals surface area (Å²) < 4.78 is 39.7. The van der Waals surface area contributed by atoms with Crippen LogP contribution in [-0.2, 0) is 6.54 Å². The first-order valence-electron chi connectivity index (χ1n) is 4.86. The summed E-state index contributed by atoms with van der Waals surface area (Å²) in [6, 6.07) is 6.85. The fourth-order valence-electron chi connectivity index (χ4n) is 1.77. The number of alkyl halides is 4. The molecule has 2 N–H and O–H groups in total. The van der Waals surface area contributed by atoms with E-state index in [2.05, 4.69) is 0 Å². The van der Waals surface area contributed by atoms with E-state index >= 15 is 0 Å². The van der Waals surface area contributed by atoms with Gasteiger partial charge < -0.3 is 0 Å². The van der Waals surface area contributed by atoms with Gasteiger partial charge in [0.25, 0.3) is 0 Å². The zero-order valence-electron chi connectivity index (χ0n) is 9.05. The maximum atomic E-state index is 12.5. The van der Waals surface area contributed by atoms with Gasteiger partial charge in [-0.2, -0.15) is 0 Å². The van der Waals surface area contributed by atoms with Crippen LogP contribution in [0.3, 0.4) is 0 Å². The van der Waals surface area contributed by atoms with Crippen molar-refractivity contribution in [2.75, 3.05) is 10.7 Å². The molecule has 2 aromatic rings. The Morgan fingerprint density at radius 1 is 1.35 bits per heavy atom. The zero-order valence-corrected chi connectivity index (χ0v) is 11.2. The second kappa shape index (κ2) is 4.40. The predicted molar refractivity (Wildman–Crippen MR) is 57.0 cm³/mol. The molecule has 2 rings (SSSR count). The average molecular weight is 355 g/mol. The summed E-state index contributed by atoms with van der Waals surface area (Å²) >= 11 is -0.421. The van der Waals surface area contributed by atoms with Gasteiger partial charge in [0, 0.05) is 0 Å². The Bertz CT molecular complexity index is 545. The summed E-state index contributed by atoms with van der Waals surface area (Å²) in [5, 5.41) is 0.716. The Balaban J connectivity index is 2.63. The predicted octanol–water partition coefficient (Wildman–Crippen LogP) is -0.326. The Morgan fingerprint density at radius 2 is 2.06 bits per heavy atom. The van der Waals surface area contributed by atoms with Gasteiger partial charge in [0.15, 0.2) is 0 Å². The molecule has 0 spiro atoms. The fourth-order valence-corrected chi connectivity index (χ4v) is 3.41. The molecule has 0 fully saturated rings. The molecular weight excluding hydrogens is 344 g/mol. The number of fused-ring (bicyclic) bond motifs is 1. The van der Waals surface area contributed by atoms with Crippen LogP contribution < -0.4 is 26.9 Å². The molecule has 17 heavy (non-hydrogen) atoms. The van der Waals surface area contributed by atoms with E-state index in [0.29, 0.717) is 16.6 Å². The van der Waals surface area contributed by atoms with Crippen LogP contribution in [0.25, 0.3) is 10.9 Å². The number of halogens is 4. The van der Waals surface area contributed by atoms with Crippen LogP contribution in [0.2, 0.25) is 0 Å². The van der Waals surface area contributed by atoms with Crippen LogP contribution in [-0.4, -0.2) is 15.7 Å². The van der Waals surface area contributed by atoms with E-state index in [-0.39, 0.29) is 0 Å². The molecule has 1 heterocycles. The molecule has 1 aromatic heterocycles. The second-order valence-electron chi connectivity index (χ2n) is 3.64.